The molecule has 18 heavy (non-hydrogen) atoms. The molecule has 0 spiro atoms. The zero-order valence-corrected chi connectivity index (χ0v) is 9.95. The molecule has 0 atom stereocenters. The van der Waals surface area contributed by atoms with Gasteiger partial charge in [-0.15, -0.1) is 5.10 Å². The highest BCUT2D eigenvalue weighted by Crippen LogP contribution is 2.37. The second kappa shape index (κ2) is 4.33. The number of nitrogens with zero attached hydrogens (tertiary/aromatic N) is 6. The number of hydrogen-bond acceptors (Lipinski definition) is 7. The Labute approximate surface area is 106 Å². The summed E-state index contributed by atoms with van der Waals surface area (Å²) in [5.41, 5.74) is -0.0267. The molecule has 0 N–H and O–H groups in total. The predicted octanol–water partition coefficient (Wildman–Crippen LogP) is 1.46. The topological polar surface area (TPSA) is 99.6 Å². The quantitative estimate of drug-likeness (QED) is 0.608. The van der Waals surface area contributed by atoms with Gasteiger partial charge in [0, 0.05) is 6.07 Å². The molecule has 0 aliphatic heterocycles. The molecule has 2 heterocycles. The van der Waals surface area contributed by atoms with Crippen molar-refractivity contribution >= 4 is 17.4 Å². The first-order valence-electron chi connectivity index (χ1n) is 5.30. The van der Waals surface area contributed by atoms with Gasteiger partial charge in [-0.2, -0.15) is 0 Å². The van der Waals surface area contributed by atoms with E-state index in [9.17, 15) is 10.1 Å². The molecule has 2 aromatic rings. The van der Waals surface area contributed by atoms with Crippen molar-refractivity contribution in [3.8, 4) is 0 Å². The third-order valence-corrected chi connectivity index (χ3v) is 3.38. The Morgan fingerprint density at radius 3 is 2.89 bits per heavy atom. The zero-order chi connectivity index (χ0) is 12.5. The van der Waals surface area contributed by atoms with E-state index in [2.05, 4.69) is 20.5 Å². The van der Waals surface area contributed by atoms with Gasteiger partial charge in [0.05, 0.1) is 11.0 Å². The van der Waals surface area contributed by atoms with Crippen molar-refractivity contribution in [2.75, 3.05) is 0 Å². The Balaban J connectivity index is 1.79. The number of nitro groups is 1. The highest BCUT2D eigenvalue weighted by molar-refractivity contribution is 7.99. The fourth-order valence-electron chi connectivity index (χ4n) is 1.44. The van der Waals surface area contributed by atoms with Crippen LogP contribution in [-0.2, 0) is 0 Å². The third kappa shape index (κ3) is 2.16. The number of tetrazole rings is 1. The molecule has 0 bridgehead atoms. The molecule has 0 unspecified atom stereocenters. The van der Waals surface area contributed by atoms with Crippen molar-refractivity contribution < 1.29 is 4.92 Å². The lowest BCUT2D eigenvalue weighted by molar-refractivity contribution is -0.385. The van der Waals surface area contributed by atoms with Crippen LogP contribution in [0.4, 0.5) is 5.69 Å². The Bertz CT molecular complexity index is 579. The van der Waals surface area contributed by atoms with Crippen molar-refractivity contribution in [3.63, 3.8) is 0 Å². The van der Waals surface area contributed by atoms with E-state index < -0.39 is 4.92 Å². The minimum Gasteiger partial charge on any atom is -0.258 e. The molecule has 9 heteroatoms. The van der Waals surface area contributed by atoms with Crippen molar-refractivity contribution in [1.82, 2.24) is 25.2 Å². The van der Waals surface area contributed by atoms with Gasteiger partial charge in [-0.1, -0.05) is 0 Å². The largest absolute Gasteiger partial charge is 0.287 e. The normalized spacial score (nSPS) is 14.7. The van der Waals surface area contributed by atoms with Gasteiger partial charge in [-0.25, -0.2) is 9.67 Å². The second-order valence-electron chi connectivity index (χ2n) is 3.85. The van der Waals surface area contributed by atoms with Crippen molar-refractivity contribution in [3.05, 3.63) is 28.4 Å². The van der Waals surface area contributed by atoms with Crippen LogP contribution >= 0.6 is 11.8 Å². The van der Waals surface area contributed by atoms with Crippen LogP contribution in [-0.4, -0.2) is 30.1 Å². The van der Waals surface area contributed by atoms with Crippen molar-refractivity contribution in [2.45, 2.75) is 29.1 Å². The van der Waals surface area contributed by atoms with Gasteiger partial charge in [0.1, 0.15) is 11.2 Å². The van der Waals surface area contributed by atoms with E-state index in [1.165, 1.54) is 24.0 Å². The highest BCUT2D eigenvalue weighted by atomic mass is 32.2. The summed E-state index contributed by atoms with van der Waals surface area (Å²) in [6.07, 6.45) is 3.41. The number of rotatable bonds is 4. The lowest BCUT2D eigenvalue weighted by atomic mass is 10.4. The summed E-state index contributed by atoms with van der Waals surface area (Å²) in [6, 6.07) is 3.40. The molecule has 92 valence electrons. The summed E-state index contributed by atoms with van der Waals surface area (Å²) in [7, 11) is 0. The molecule has 8 nitrogen and oxygen atoms in total. The molecule has 1 aliphatic rings. The first-order chi connectivity index (χ1) is 8.74. The molecule has 1 aliphatic carbocycles. The van der Waals surface area contributed by atoms with Crippen LogP contribution in [0, 0.1) is 10.1 Å². The molecule has 2 aromatic heterocycles. The van der Waals surface area contributed by atoms with Gasteiger partial charge in [-0.3, -0.25) is 10.1 Å². The van der Waals surface area contributed by atoms with E-state index in [4.69, 9.17) is 0 Å². The number of aromatic nitrogens is 5. The van der Waals surface area contributed by atoms with Crippen LogP contribution in [0.25, 0.3) is 0 Å². The maximum absolute atomic E-state index is 10.5. The van der Waals surface area contributed by atoms with E-state index in [-0.39, 0.29) is 5.69 Å². The van der Waals surface area contributed by atoms with Gasteiger partial charge in [-0.05, 0) is 41.1 Å². The van der Waals surface area contributed by atoms with Gasteiger partial charge < -0.3 is 0 Å². The molecule has 3 rings (SSSR count). The monoisotopic (exact) mass is 264 g/mol. The van der Waals surface area contributed by atoms with E-state index in [1.54, 1.807) is 10.7 Å². The highest BCUT2D eigenvalue weighted by Gasteiger charge is 2.28. The van der Waals surface area contributed by atoms with E-state index in [0.29, 0.717) is 16.2 Å². The molecule has 0 saturated heterocycles. The Kier molecular flexibility index (Phi) is 2.67. The average Bonchev–Trinajstić information content (AvgIpc) is 3.11. The fraction of sp³-hybridized carbons (Fsp3) is 0.333. The molecule has 0 aromatic carbocycles. The summed E-state index contributed by atoms with van der Waals surface area (Å²) in [5.74, 6) is 0. The SMILES string of the molecule is O=[N+]([O-])c1ccc(Sc2nnnn2C2CC2)nc1. The summed E-state index contributed by atoms with van der Waals surface area (Å²) >= 11 is 1.30. The van der Waals surface area contributed by atoms with Crippen LogP contribution < -0.4 is 0 Å². The molecular weight excluding hydrogens is 256 g/mol. The van der Waals surface area contributed by atoms with E-state index in [0.717, 1.165) is 12.8 Å². The molecule has 0 radical (unpaired) electrons. The molecule has 0 amide bonds. The van der Waals surface area contributed by atoms with Crippen LogP contribution in [0.5, 0.6) is 0 Å². The Morgan fingerprint density at radius 2 is 2.28 bits per heavy atom. The van der Waals surface area contributed by atoms with E-state index >= 15 is 0 Å². The lowest BCUT2D eigenvalue weighted by Crippen LogP contribution is -1.98. The predicted molar refractivity (Wildman–Crippen MR) is 61.1 cm³/mol. The van der Waals surface area contributed by atoms with Crippen LogP contribution in [0.15, 0.2) is 28.5 Å². The first-order valence-corrected chi connectivity index (χ1v) is 6.12. The maximum atomic E-state index is 10.5. The standard InChI is InChI=1S/C9H8N6O2S/c16-15(17)7-3-4-8(10-5-7)18-9-11-12-13-14(9)6-1-2-6/h3-6H,1-2H2. The molecular formula is C9H8N6O2S. The summed E-state index contributed by atoms with van der Waals surface area (Å²) in [5, 5.41) is 23.3. The smallest absolute Gasteiger partial charge is 0.258 e. The average molecular weight is 264 g/mol. The number of pyridine rings is 1. The van der Waals surface area contributed by atoms with Crippen molar-refractivity contribution in [1.29, 1.82) is 0 Å². The Hall–Kier alpha value is -2.03. The summed E-state index contributed by atoms with van der Waals surface area (Å²) in [6.45, 7) is 0. The van der Waals surface area contributed by atoms with Crippen LogP contribution in [0.2, 0.25) is 0 Å². The fourth-order valence-corrected chi connectivity index (χ4v) is 2.22. The lowest BCUT2D eigenvalue weighted by Gasteiger charge is -2.00. The van der Waals surface area contributed by atoms with E-state index in [1.807, 2.05) is 0 Å². The van der Waals surface area contributed by atoms with Crippen LogP contribution in [0.3, 0.4) is 0 Å². The second-order valence-corrected chi connectivity index (χ2v) is 4.84. The first kappa shape index (κ1) is 11.1. The zero-order valence-electron chi connectivity index (χ0n) is 9.13. The van der Waals surface area contributed by atoms with Crippen LogP contribution in [0.1, 0.15) is 18.9 Å². The number of hydrogen-bond donors (Lipinski definition) is 0. The summed E-state index contributed by atoms with van der Waals surface area (Å²) in [4.78, 5) is 14.0. The van der Waals surface area contributed by atoms with Gasteiger partial charge in [0.2, 0.25) is 5.16 Å². The van der Waals surface area contributed by atoms with Gasteiger partial charge in [0.15, 0.2) is 0 Å². The molecule has 1 fully saturated rings. The molecule has 1 saturated carbocycles. The maximum Gasteiger partial charge on any atom is 0.287 e. The minimum absolute atomic E-state index is 0.0267. The summed E-state index contributed by atoms with van der Waals surface area (Å²) < 4.78 is 1.77. The minimum atomic E-state index is -0.476. The van der Waals surface area contributed by atoms with Gasteiger partial charge >= 0.3 is 0 Å². The third-order valence-electron chi connectivity index (χ3n) is 2.48. The van der Waals surface area contributed by atoms with Gasteiger partial charge in [0.25, 0.3) is 5.69 Å². The Morgan fingerprint density at radius 1 is 1.44 bits per heavy atom. The van der Waals surface area contributed by atoms with Crippen molar-refractivity contribution in [2.24, 2.45) is 0 Å².